The van der Waals surface area contributed by atoms with Gasteiger partial charge in [0, 0.05) is 18.8 Å². The summed E-state index contributed by atoms with van der Waals surface area (Å²) in [5.41, 5.74) is 1.60. The lowest BCUT2D eigenvalue weighted by Crippen LogP contribution is -2.51. The van der Waals surface area contributed by atoms with E-state index in [0.29, 0.717) is 36.4 Å². The molecular formula is C37H60O4. The molecule has 0 bridgehead atoms. The van der Waals surface area contributed by atoms with Crippen molar-refractivity contribution in [3.63, 3.8) is 0 Å². The van der Waals surface area contributed by atoms with Gasteiger partial charge in [-0.2, -0.15) is 0 Å². The van der Waals surface area contributed by atoms with Crippen LogP contribution in [-0.4, -0.2) is 24.1 Å². The first kappa shape index (κ1) is 32.5. The molecule has 0 aromatic rings. The Kier molecular flexibility index (Phi) is 12.1. The number of carbonyl (C=O) groups is 3. The Morgan fingerprint density at radius 3 is 2.07 bits per heavy atom. The van der Waals surface area contributed by atoms with Crippen LogP contribution in [0.4, 0.5) is 0 Å². The molecule has 0 unspecified atom stereocenters. The van der Waals surface area contributed by atoms with Crippen molar-refractivity contribution < 1.29 is 19.1 Å². The van der Waals surface area contributed by atoms with Gasteiger partial charge < -0.3 is 4.74 Å². The maximum absolute atomic E-state index is 13.4. The Labute approximate surface area is 251 Å². The molecule has 0 aromatic carbocycles. The van der Waals surface area contributed by atoms with Gasteiger partial charge in [0.2, 0.25) is 0 Å². The summed E-state index contributed by atoms with van der Waals surface area (Å²) in [7, 11) is 0. The van der Waals surface area contributed by atoms with Crippen molar-refractivity contribution >= 4 is 17.5 Å². The van der Waals surface area contributed by atoms with E-state index in [-0.39, 0.29) is 35.1 Å². The molecule has 4 heteroatoms. The average molecular weight is 569 g/mol. The minimum atomic E-state index is -0.198. The number of unbranched alkanes of at least 4 members (excludes halogenated alkanes) is 12. The van der Waals surface area contributed by atoms with Crippen molar-refractivity contribution in [3.8, 4) is 0 Å². The van der Waals surface area contributed by atoms with Gasteiger partial charge in [0.25, 0.3) is 0 Å². The zero-order chi connectivity index (χ0) is 29.3. The number of hydrogen-bond donors (Lipinski definition) is 0. The van der Waals surface area contributed by atoms with Gasteiger partial charge in [-0.15, -0.1) is 0 Å². The molecule has 0 radical (unpaired) electrons. The Balaban J connectivity index is 1.11. The van der Waals surface area contributed by atoms with Gasteiger partial charge in [0.05, 0.1) is 0 Å². The lowest BCUT2D eigenvalue weighted by molar-refractivity contribution is -0.151. The quantitative estimate of drug-likeness (QED) is 0.129. The van der Waals surface area contributed by atoms with Gasteiger partial charge in [0.1, 0.15) is 6.61 Å². The third kappa shape index (κ3) is 7.94. The van der Waals surface area contributed by atoms with Crippen molar-refractivity contribution in [1.29, 1.82) is 0 Å². The normalized spacial score (nSPS) is 32.6. The number of ketones is 2. The summed E-state index contributed by atoms with van der Waals surface area (Å²) in [6.07, 6.45) is 27.3. The second kappa shape index (κ2) is 15.3. The van der Waals surface area contributed by atoms with Crippen LogP contribution in [0.3, 0.4) is 0 Å². The first-order chi connectivity index (χ1) is 19.8. The summed E-state index contributed by atoms with van der Waals surface area (Å²) in [4.78, 5) is 37.9. The lowest BCUT2D eigenvalue weighted by atomic mass is 9.46. The van der Waals surface area contributed by atoms with E-state index in [4.69, 9.17) is 4.74 Å². The molecule has 41 heavy (non-hydrogen) atoms. The summed E-state index contributed by atoms with van der Waals surface area (Å²) in [5, 5.41) is 0. The minimum Gasteiger partial charge on any atom is -0.458 e. The molecular weight excluding hydrogens is 508 g/mol. The molecule has 6 atom stereocenters. The topological polar surface area (TPSA) is 60.4 Å². The number of carbonyl (C=O) groups excluding carboxylic acids is 3. The predicted molar refractivity (Wildman–Crippen MR) is 166 cm³/mol. The molecule has 0 N–H and O–H groups in total. The fourth-order valence-electron chi connectivity index (χ4n) is 9.70. The summed E-state index contributed by atoms with van der Waals surface area (Å²) < 4.78 is 5.52. The van der Waals surface area contributed by atoms with Crippen LogP contribution in [0, 0.1) is 34.5 Å². The second-order valence-corrected chi connectivity index (χ2v) is 14.8. The first-order valence-electron chi connectivity index (χ1n) is 17.7. The number of ether oxygens (including phenoxy) is 1. The van der Waals surface area contributed by atoms with Crippen LogP contribution in [0.2, 0.25) is 0 Å². The number of fused-ring (bicyclic) bond motifs is 5. The highest BCUT2D eigenvalue weighted by molar-refractivity contribution is 5.91. The van der Waals surface area contributed by atoms with Crippen LogP contribution >= 0.6 is 0 Å². The van der Waals surface area contributed by atoms with Crippen LogP contribution in [-0.2, 0) is 19.1 Å². The maximum atomic E-state index is 13.4. The second-order valence-electron chi connectivity index (χ2n) is 14.8. The van der Waals surface area contributed by atoms with E-state index < -0.39 is 0 Å². The number of Topliss-reactive ketones (excluding diaryl/α,β-unsaturated/α-hetero) is 1. The third-order valence-corrected chi connectivity index (χ3v) is 12.2. The molecule has 232 valence electrons. The monoisotopic (exact) mass is 568 g/mol. The van der Waals surface area contributed by atoms with Crippen molar-refractivity contribution in [2.24, 2.45) is 34.5 Å². The Morgan fingerprint density at radius 2 is 1.41 bits per heavy atom. The lowest BCUT2D eigenvalue weighted by Gasteiger charge is -2.58. The Hall–Kier alpha value is -1.45. The summed E-state index contributed by atoms with van der Waals surface area (Å²) in [5.74, 6) is 2.16. The molecule has 0 aliphatic heterocycles. The van der Waals surface area contributed by atoms with Gasteiger partial charge in [-0.05, 0) is 86.0 Å². The van der Waals surface area contributed by atoms with Gasteiger partial charge in [-0.1, -0.05) is 103 Å². The molecule has 4 aliphatic rings. The predicted octanol–water partition coefficient (Wildman–Crippen LogP) is 9.73. The van der Waals surface area contributed by atoms with Crippen LogP contribution in [0.5, 0.6) is 0 Å². The van der Waals surface area contributed by atoms with Gasteiger partial charge in [-0.25, -0.2) is 0 Å². The van der Waals surface area contributed by atoms with Gasteiger partial charge in [-0.3, -0.25) is 14.4 Å². The summed E-state index contributed by atoms with van der Waals surface area (Å²) in [6.45, 7) is 7.01. The first-order valence-corrected chi connectivity index (χ1v) is 17.7. The third-order valence-electron chi connectivity index (χ3n) is 12.2. The highest BCUT2D eigenvalue weighted by atomic mass is 16.5. The highest BCUT2D eigenvalue weighted by Gasteiger charge is 2.60. The van der Waals surface area contributed by atoms with E-state index >= 15 is 0 Å². The molecule has 4 nitrogen and oxygen atoms in total. The summed E-state index contributed by atoms with van der Waals surface area (Å²) >= 11 is 0. The largest absolute Gasteiger partial charge is 0.458 e. The number of allylic oxidation sites excluding steroid dienone is 1. The molecule has 3 saturated carbocycles. The summed E-state index contributed by atoms with van der Waals surface area (Å²) in [6, 6.07) is 0. The van der Waals surface area contributed by atoms with E-state index in [2.05, 4.69) is 20.8 Å². The van der Waals surface area contributed by atoms with Crippen LogP contribution in [0.25, 0.3) is 0 Å². The SMILES string of the molecule is CCCCCCCCCCCCCCCC(=O)OCC(=O)[C@H]1CC[C@H]2[C@@H]3CCC4=CC(=O)CC[C@]4(C)[C@H]3CC[C@]12C. The van der Waals surface area contributed by atoms with Gasteiger partial charge in [0.15, 0.2) is 11.6 Å². The van der Waals surface area contributed by atoms with E-state index in [1.807, 2.05) is 6.08 Å². The molecule has 4 rings (SSSR count). The number of esters is 1. The molecule has 0 heterocycles. The Morgan fingerprint density at radius 1 is 0.780 bits per heavy atom. The number of rotatable bonds is 17. The fourth-order valence-corrected chi connectivity index (χ4v) is 9.70. The Bertz CT molecular complexity index is 920. The minimum absolute atomic E-state index is 0.0234. The molecule has 0 saturated heterocycles. The van der Waals surface area contributed by atoms with E-state index in [1.54, 1.807) is 0 Å². The molecule has 0 aromatic heterocycles. The van der Waals surface area contributed by atoms with E-state index in [9.17, 15) is 14.4 Å². The maximum Gasteiger partial charge on any atom is 0.306 e. The van der Waals surface area contributed by atoms with E-state index in [1.165, 1.54) is 76.2 Å². The van der Waals surface area contributed by atoms with Crippen molar-refractivity contribution in [2.75, 3.05) is 6.61 Å². The average Bonchev–Trinajstić information content (AvgIpc) is 3.32. The fraction of sp³-hybridized carbons (Fsp3) is 0.865. The zero-order valence-electron chi connectivity index (χ0n) is 26.8. The zero-order valence-corrected chi connectivity index (χ0v) is 26.8. The highest BCUT2D eigenvalue weighted by Crippen LogP contribution is 2.66. The van der Waals surface area contributed by atoms with Gasteiger partial charge >= 0.3 is 5.97 Å². The van der Waals surface area contributed by atoms with Crippen molar-refractivity contribution in [2.45, 2.75) is 162 Å². The van der Waals surface area contributed by atoms with Crippen LogP contribution in [0.1, 0.15) is 162 Å². The van der Waals surface area contributed by atoms with E-state index in [0.717, 1.165) is 57.8 Å². The molecule has 0 spiro atoms. The number of hydrogen-bond acceptors (Lipinski definition) is 4. The smallest absolute Gasteiger partial charge is 0.306 e. The standard InChI is InChI=1S/C37H60O4/c1-4-5-6-7-8-9-10-11-12-13-14-15-16-17-35(40)41-27-34(39)33-21-20-31-30-19-18-28-26-29(38)22-24-36(28,2)32(30)23-25-37(31,33)3/h26,30-33H,4-25,27H2,1-3H3/t30-,31-,32-,33+,36-,37-/m0/s1. The van der Waals surface area contributed by atoms with Crippen LogP contribution < -0.4 is 0 Å². The van der Waals surface area contributed by atoms with Crippen molar-refractivity contribution in [1.82, 2.24) is 0 Å². The van der Waals surface area contributed by atoms with Crippen molar-refractivity contribution in [3.05, 3.63) is 11.6 Å². The molecule has 3 fully saturated rings. The molecule has 4 aliphatic carbocycles. The van der Waals surface area contributed by atoms with Crippen LogP contribution in [0.15, 0.2) is 11.6 Å². The molecule has 0 amide bonds.